The van der Waals surface area contributed by atoms with E-state index in [1.165, 1.54) is 0 Å². The summed E-state index contributed by atoms with van der Waals surface area (Å²) < 4.78 is 6.76. The van der Waals surface area contributed by atoms with E-state index in [-0.39, 0.29) is 11.9 Å². The Morgan fingerprint density at radius 3 is 2.75 bits per heavy atom. The maximum Gasteiger partial charge on any atom is 0.276 e. The van der Waals surface area contributed by atoms with E-state index in [1.807, 2.05) is 38.1 Å². The van der Waals surface area contributed by atoms with Gasteiger partial charge in [0.25, 0.3) is 5.91 Å². The van der Waals surface area contributed by atoms with Gasteiger partial charge >= 0.3 is 0 Å². The number of methoxy groups -OCH3 is 1. The van der Waals surface area contributed by atoms with Crippen LogP contribution in [-0.4, -0.2) is 38.0 Å². The maximum absolute atomic E-state index is 12.4. The first-order valence-electron chi connectivity index (χ1n) is 7.53. The highest BCUT2D eigenvalue weighted by Gasteiger charge is 2.15. The summed E-state index contributed by atoms with van der Waals surface area (Å²) >= 11 is 0. The highest BCUT2D eigenvalue weighted by Crippen LogP contribution is 2.20. The molecule has 0 fully saturated rings. The quantitative estimate of drug-likeness (QED) is 0.749. The molecule has 1 amide bonds. The molecule has 0 unspecified atom stereocenters. The summed E-state index contributed by atoms with van der Waals surface area (Å²) in [5.74, 6) is 1.24. The SMILES string of the molecule is CCn1nc(C)cc1C(=O)Nc1n[nH]c(-c2ccc(OC)cc2)n1. The van der Waals surface area contributed by atoms with Crippen LogP contribution in [0.25, 0.3) is 11.4 Å². The third-order valence-electron chi connectivity index (χ3n) is 3.51. The minimum atomic E-state index is -0.294. The zero-order valence-corrected chi connectivity index (χ0v) is 13.7. The highest BCUT2D eigenvalue weighted by molar-refractivity contribution is 6.02. The van der Waals surface area contributed by atoms with E-state index in [1.54, 1.807) is 17.9 Å². The molecule has 0 aliphatic heterocycles. The lowest BCUT2D eigenvalue weighted by Crippen LogP contribution is -2.18. The third-order valence-corrected chi connectivity index (χ3v) is 3.51. The average Bonchev–Trinajstić information content (AvgIpc) is 3.21. The minimum absolute atomic E-state index is 0.215. The molecule has 0 aliphatic carbocycles. The van der Waals surface area contributed by atoms with Crippen molar-refractivity contribution in [2.24, 2.45) is 0 Å². The monoisotopic (exact) mass is 326 g/mol. The standard InChI is InChI=1S/C16H18N6O2/c1-4-22-13(9-10(2)21-22)15(23)18-16-17-14(19-20-16)11-5-7-12(24-3)8-6-11/h5-9H,4H2,1-3H3,(H2,17,18,19,20,23). The van der Waals surface area contributed by atoms with E-state index >= 15 is 0 Å². The van der Waals surface area contributed by atoms with Crippen LogP contribution < -0.4 is 10.1 Å². The number of rotatable bonds is 5. The Morgan fingerprint density at radius 1 is 1.33 bits per heavy atom. The van der Waals surface area contributed by atoms with Crippen molar-refractivity contribution < 1.29 is 9.53 Å². The summed E-state index contributed by atoms with van der Waals surface area (Å²) in [5, 5.41) is 13.8. The molecule has 0 radical (unpaired) electrons. The van der Waals surface area contributed by atoms with Gasteiger partial charge in [0.2, 0.25) is 5.95 Å². The molecule has 124 valence electrons. The van der Waals surface area contributed by atoms with Gasteiger partial charge in [-0.05, 0) is 44.2 Å². The van der Waals surface area contributed by atoms with Crippen LogP contribution in [0.1, 0.15) is 23.1 Å². The molecule has 2 N–H and O–H groups in total. The number of amides is 1. The van der Waals surface area contributed by atoms with Gasteiger partial charge in [-0.2, -0.15) is 10.1 Å². The van der Waals surface area contributed by atoms with Gasteiger partial charge in [0.15, 0.2) is 5.82 Å². The predicted octanol–water partition coefficient (Wildman–Crippen LogP) is 2.26. The molecule has 3 aromatic rings. The number of nitrogens with zero attached hydrogens (tertiary/aromatic N) is 4. The van der Waals surface area contributed by atoms with Crippen molar-refractivity contribution >= 4 is 11.9 Å². The number of ether oxygens (including phenoxy) is 1. The Kier molecular flexibility index (Phi) is 4.28. The number of aromatic nitrogens is 5. The van der Waals surface area contributed by atoms with E-state index < -0.39 is 0 Å². The summed E-state index contributed by atoms with van der Waals surface area (Å²) in [4.78, 5) is 16.6. The topological polar surface area (TPSA) is 97.7 Å². The van der Waals surface area contributed by atoms with Gasteiger partial charge in [-0.25, -0.2) is 0 Å². The smallest absolute Gasteiger partial charge is 0.276 e. The number of aromatic amines is 1. The molecule has 8 nitrogen and oxygen atoms in total. The van der Waals surface area contributed by atoms with Crippen LogP contribution >= 0.6 is 0 Å². The van der Waals surface area contributed by atoms with Crippen molar-refractivity contribution in [3.05, 3.63) is 41.7 Å². The number of nitrogens with one attached hydrogen (secondary N) is 2. The summed E-state index contributed by atoms with van der Waals surface area (Å²) in [6.07, 6.45) is 0. The highest BCUT2D eigenvalue weighted by atomic mass is 16.5. The molecule has 0 saturated carbocycles. The number of H-pyrrole nitrogens is 1. The number of carbonyl (C=O) groups is 1. The van der Waals surface area contributed by atoms with E-state index in [9.17, 15) is 4.79 Å². The first-order chi connectivity index (χ1) is 11.6. The summed E-state index contributed by atoms with van der Waals surface area (Å²) in [6, 6.07) is 9.12. The fraction of sp³-hybridized carbons (Fsp3) is 0.250. The van der Waals surface area contributed by atoms with Crippen LogP contribution in [0.5, 0.6) is 5.75 Å². The Hall–Kier alpha value is -3.16. The first kappa shape index (κ1) is 15.7. The average molecular weight is 326 g/mol. The van der Waals surface area contributed by atoms with Crippen LogP contribution in [0.2, 0.25) is 0 Å². The maximum atomic E-state index is 12.4. The van der Waals surface area contributed by atoms with Gasteiger partial charge in [0.05, 0.1) is 12.8 Å². The van der Waals surface area contributed by atoms with Gasteiger partial charge in [-0.1, -0.05) is 0 Å². The van der Waals surface area contributed by atoms with Crippen LogP contribution in [0.15, 0.2) is 30.3 Å². The van der Waals surface area contributed by atoms with Gasteiger partial charge in [0.1, 0.15) is 11.4 Å². The number of carbonyl (C=O) groups excluding carboxylic acids is 1. The molecule has 3 rings (SSSR count). The molecule has 1 aromatic carbocycles. The largest absolute Gasteiger partial charge is 0.497 e. The summed E-state index contributed by atoms with van der Waals surface area (Å²) in [5.41, 5.74) is 2.11. The number of anilines is 1. The summed E-state index contributed by atoms with van der Waals surface area (Å²) in [7, 11) is 1.61. The van der Waals surface area contributed by atoms with Crippen molar-refractivity contribution in [1.29, 1.82) is 0 Å². The van der Waals surface area contributed by atoms with Crippen molar-refractivity contribution in [3.63, 3.8) is 0 Å². The van der Waals surface area contributed by atoms with E-state index in [0.29, 0.717) is 18.1 Å². The molecule has 0 bridgehead atoms. The fourth-order valence-electron chi connectivity index (χ4n) is 2.33. The van der Waals surface area contributed by atoms with Crippen molar-refractivity contribution in [3.8, 4) is 17.1 Å². The van der Waals surface area contributed by atoms with Gasteiger partial charge in [-0.3, -0.25) is 19.9 Å². The molecule has 8 heteroatoms. The molecule has 0 aliphatic rings. The number of hydrogen-bond acceptors (Lipinski definition) is 5. The summed E-state index contributed by atoms with van der Waals surface area (Å²) in [6.45, 7) is 4.39. The molecule has 0 atom stereocenters. The lowest BCUT2D eigenvalue weighted by atomic mass is 10.2. The van der Waals surface area contributed by atoms with E-state index in [0.717, 1.165) is 17.0 Å². The normalized spacial score (nSPS) is 10.6. The Labute approximate surface area is 138 Å². The lowest BCUT2D eigenvalue weighted by molar-refractivity contribution is 0.101. The number of benzene rings is 1. The Bertz CT molecular complexity index is 850. The Balaban J connectivity index is 1.76. The molecular weight excluding hydrogens is 308 g/mol. The second-order valence-electron chi connectivity index (χ2n) is 5.18. The Morgan fingerprint density at radius 2 is 2.08 bits per heavy atom. The van der Waals surface area contributed by atoms with Crippen LogP contribution in [0.4, 0.5) is 5.95 Å². The van der Waals surface area contributed by atoms with Crippen LogP contribution in [0, 0.1) is 6.92 Å². The second-order valence-corrected chi connectivity index (χ2v) is 5.18. The third kappa shape index (κ3) is 3.12. The molecule has 2 heterocycles. The van der Waals surface area contributed by atoms with E-state index in [4.69, 9.17) is 4.74 Å². The zero-order valence-electron chi connectivity index (χ0n) is 13.7. The first-order valence-corrected chi connectivity index (χ1v) is 7.53. The number of hydrogen-bond donors (Lipinski definition) is 2. The van der Waals surface area contributed by atoms with E-state index in [2.05, 4.69) is 25.6 Å². The lowest BCUT2D eigenvalue weighted by Gasteiger charge is -2.03. The van der Waals surface area contributed by atoms with Crippen molar-refractivity contribution in [1.82, 2.24) is 25.0 Å². The van der Waals surface area contributed by atoms with Crippen LogP contribution in [0.3, 0.4) is 0 Å². The molecule has 0 saturated heterocycles. The van der Waals surface area contributed by atoms with Gasteiger partial charge < -0.3 is 4.74 Å². The second kappa shape index (κ2) is 6.53. The number of aryl methyl sites for hydroxylation is 2. The molecule has 0 spiro atoms. The van der Waals surface area contributed by atoms with Crippen molar-refractivity contribution in [2.75, 3.05) is 12.4 Å². The zero-order chi connectivity index (χ0) is 17.1. The minimum Gasteiger partial charge on any atom is -0.497 e. The van der Waals surface area contributed by atoms with Crippen molar-refractivity contribution in [2.45, 2.75) is 20.4 Å². The fourth-order valence-corrected chi connectivity index (χ4v) is 2.33. The van der Waals surface area contributed by atoms with Gasteiger partial charge in [0, 0.05) is 12.1 Å². The predicted molar refractivity (Wildman–Crippen MR) is 89.0 cm³/mol. The van der Waals surface area contributed by atoms with Gasteiger partial charge in [-0.15, -0.1) is 5.10 Å². The molecular formula is C16H18N6O2. The molecule has 24 heavy (non-hydrogen) atoms. The molecule has 2 aromatic heterocycles. The van der Waals surface area contributed by atoms with Crippen LogP contribution in [-0.2, 0) is 6.54 Å².